The van der Waals surface area contributed by atoms with E-state index in [-0.39, 0.29) is 41.3 Å². The fraction of sp³-hybridized carbons (Fsp3) is 0.367. The van der Waals surface area contributed by atoms with Gasteiger partial charge in [0.1, 0.15) is 18.4 Å². The zero-order chi connectivity index (χ0) is 30.8. The highest BCUT2D eigenvalue weighted by Gasteiger charge is 2.41. The van der Waals surface area contributed by atoms with Crippen LogP contribution in [0.15, 0.2) is 59.5 Å². The number of nitrogens with zero attached hydrogens (tertiary/aromatic N) is 1. The number of halogens is 4. The molecule has 0 radical (unpaired) electrons. The second-order valence-electron chi connectivity index (χ2n) is 11.0. The molecule has 0 saturated heterocycles. The SMILES string of the molecule is CC(C)(C)OCCC(C(=O)Nc1ccc(C(N)=O)cc1)n1cc2c(cc1=O)-c1cc(Cl)ccc1CC(C(F)(F)F)CO2. The molecule has 0 aliphatic carbocycles. The highest BCUT2D eigenvalue weighted by Crippen LogP contribution is 2.40. The highest BCUT2D eigenvalue weighted by atomic mass is 35.5. The van der Waals surface area contributed by atoms with E-state index >= 15 is 0 Å². The number of carbonyl (C=O) groups excluding carboxylic acids is 2. The van der Waals surface area contributed by atoms with Crippen molar-refractivity contribution in [1.29, 1.82) is 0 Å². The van der Waals surface area contributed by atoms with Crippen LogP contribution in [0.3, 0.4) is 0 Å². The molecule has 2 atom stereocenters. The zero-order valence-corrected chi connectivity index (χ0v) is 24.0. The van der Waals surface area contributed by atoms with Crippen LogP contribution < -0.4 is 21.3 Å². The summed E-state index contributed by atoms with van der Waals surface area (Å²) < 4.78 is 54.1. The quantitative estimate of drug-likeness (QED) is 0.355. The van der Waals surface area contributed by atoms with Crippen LogP contribution in [0.1, 0.15) is 49.2 Å². The van der Waals surface area contributed by atoms with Gasteiger partial charge in [0.25, 0.3) is 5.56 Å². The lowest BCUT2D eigenvalue weighted by Crippen LogP contribution is -2.35. The molecule has 0 spiro atoms. The van der Waals surface area contributed by atoms with Crippen LogP contribution in [0.2, 0.25) is 5.02 Å². The first-order valence-corrected chi connectivity index (χ1v) is 13.6. The summed E-state index contributed by atoms with van der Waals surface area (Å²) in [5, 5.41) is 3.00. The summed E-state index contributed by atoms with van der Waals surface area (Å²) in [6, 6.07) is 10.5. The topological polar surface area (TPSA) is 113 Å². The number of aromatic nitrogens is 1. The Morgan fingerprint density at radius 1 is 1.12 bits per heavy atom. The molecule has 224 valence electrons. The Morgan fingerprint density at radius 2 is 1.81 bits per heavy atom. The number of benzene rings is 2. The number of fused-ring (bicyclic) bond motifs is 3. The summed E-state index contributed by atoms with van der Waals surface area (Å²) >= 11 is 6.19. The summed E-state index contributed by atoms with van der Waals surface area (Å²) in [5.74, 6) is -3.00. The Bertz CT molecular complexity index is 1530. The average Bonchev–Trinajstić information content (AvgIpc) is 2.88. The second kappa shape index (κ2) is 12.2. The number of rotatable bonds is 7. The standard InChI is InChI=1S/C30H31ClF3N3O5/c1-29(2,3)42-11-10-24(28(40)36-21-8-5-17(6-9-21)27(35)39)37-15-25-23(14-26(37)38)22-13-20(31)7-4-18(22)12-19(16-41-25)30(32,33)34/h4-9,13-15,19,24H,10-12,16H2,1-3H3,(H2,35,39)(H,36,40). The predicted molar refractivity (Wildman–Crippen MR) is 153 cm³/mol. The van der Waals surface area contributed by atoms with Gasteiger partial charge in [-0.05, 0) is 74.7 Å². The summed E-state index contributed by atoms with van der Waals surface area (Å²) in [6.07, 6.45) is -3.55. The van der Waals surface area contributed by atoms with Crippen molar-refractivity contribution in [2.45, 2.75) is 51.4 Å². The number of alkyl halides is 3. The van der Waals surface area contributed by atoms with Crippen LogP contribution in [0.5, 0.6) is 5.75 Å². The molecule has 2 aromatic carbocycles. The van der Waals surface area contributed by atoms with Gasteiger partial charge in [0.05, 0.1) is 17.7 Å². The first kappa shape index (κ1) is 31.1. The average molecular weight is 606 g/mol. The lowest BCUT2D eigenvalue weighted by molar-refractivity contribution is -0.181. The van der Waals surface area contributed by atoms with Crippen molar-refractivity contribution in [3.05, 3.63) is 81.2 Å². The van der Waals surface area contributed by atoms with E-state index in [9.17, 15) is 27.6 Å². The first-order valence-electron chi connectivity index (χ1n) is 13.2. The van der Waals surface area contributed by atoms with Crippen LogP contribution in [-0.2, 0) is 16.0 Å². The minimum Gasteiger partial charge on any atom is -0.491 e. The fourth-order valence-corrected chi connectivity index (χ4v) is 4.79. The van der Waals surface area contributed by atoms with E-state index in [1.54, 1.807) is 0 Å². The Morgan fingerprint density at radius 3 is 2.43 bits per heavy atom. The summed E-state index contributed by atoms with van der Waals surface area (Å²) in [4.78, 5) is 38.4. The molecule has 42 heavy (non-hydrogen) atoms. The molecule has 3 aromatic rings. The number of pyridine rings is 1. The third kappa shape index (κ3) is 7.51. The molecule has 2 amide bonds. The molecule has 0 saturated carbocycles. The van der Waals surface area contributed by atoms with E-state index in [0.717, 1.165) is 4.57 Å². The molecule has 0 bridgehead atoms. The number of amides is 2. The lowest BCUT2D eigenvalue weighted by Gasteiger charge is -2.28. The molecule has 4 rings (SSSR count). The molecule has 3 N–H and O–H groups in total. The van der Waals surface area contributed by atoms with Gasteiger partial charge in [-0.3, -0.25) is 19.0 Å². The van der Waals surface area contributed by atoms with Crippen LogP contribution in [0.25, 0.3) is 11.1 Å². The van der Waals surface area contributed by atoms with E-state index in [4.69, 9.17) is 26.8 Å². The van der Waals surface area contributed by atoms with E-state index in [0.29, 0.717) is 16.8 Å². The second-order valence-corrected chi connectivity index (χ2v) is 11.5. The Labute approximate surface area is 245 Å². The Hall–Kier alpha value is -3.83. The smallest absolute Gasteiger partial charge is 0.395 e. The number of nitrogens with two attached hydrogens (primary N) is 1. The molecule has 0 fully saturated rings. The highest BCUT2D eigenvalue weighted by molar-refractivity contribution is 6.30. The number of nitrogens with one attached hydrogen (secondary N) is 1. The first-order chi connectivity index (χ1) is 19.6. The van der Waals surface area contributed by atoms with Crippen LogP contribution in [-0.4, -0.2) is 41.4 Å². The van der Waals surface area contributed by atoms with Crippen molar-refractivity contribution < 1.29 is 32.2 Å². The van der Waals surface area contributed by atoms with E-state index < -0.39 is 47.7 Å². The zero-order valence-electron chi connectivity index (χ0n) is 23.3. The van der Waals surface area contributed by atoms with Crippen molar-refractivity contribution >= 4 is 29.1 Å². The van der Waals surface area contributed by atoms with Gasteiger partial charge in [0.2, 0.25) is 11.8 Å². The summed E-state index contributed by atoms with van der Waals surface area (Å²) in [5.41, 5.74) is 5.78. The van der Waals surface area contributed by atoms with Crippen molar-refractivity contribution in [2.75, 3.05) is 18.5 Å². The Kier molecular flexibility index (Phi) is 9.03. The molecule has 1 aliphatic heterocycles. The van der Waals surface area contributed by atoms with Crippen molar-refractivity contribution in [3.63, 3.8) is 0 Å². The number of anilines is 1. The number of hydrogen-bond acceptors (Lipinski definition) is 5. The van der Waals surface area contributed by atoms with Crippen LogP contribution in [0.4, 0.5) is 18.9 Å². The molecule has 2 heterocycles. The third-order valence-corrected chi connectivity index (χ3v) is 7.01. The van der Waals surface area contributed by atoms with Crippen molar-refractivity contribution in [1.82, 2.24) is 4.57 Å². The van der Waals surface area contributed by atoms with Crippen molar-refractivity contribution in [2.24, 2.45) is 11.7 Å². The summed E-state index contributed by atoms with van der Waals surface area (Å²) in [7, 11) is 0. The lowest BCUT2D eigenvalue weighted by atomic mass is 9.91. The minimum absolute atomic E-state index is 0.00687. The van der Waals surface area contributed by atoms with Crippen LogP contribution >= 0.6 is 11.6 Å². The number of ether oxygens (including phenoxy) is 2. The number of carbonyl (C=O) groups is 2. The largest absolute Gasteiger partial charge is 0.491 e. The van der Waals surface area contributed by atoms with Gasteiger partial charge >= 0.3 is 6.18 Å². The van der Waals surface area contributed by atoms with Gasteiger partial charge in [-0.15, -0.1) is 0 Å². The van der Waals surface area contributed by atoms with E-state index in [2.05, 4.69) is 5.32 Å². The Balaban J connectivity index is 1.76. The number of hydrogen-bond donors (Lipinski definition) is 2. The molecule has 1 aromatic heterocycles. The normalized spacial score (nSPS) is 15.8. The monoisotopic (exact) mass is 605 g/mol. The molecular weight excluding hydrogens is 575 g/mol. The van der Waals surface area contributed by atoms with Gasteiger partial charge in [-0.2, -0.15) is 13.2 Å². The van der Waals surface area contributed by atoms with E-state index in [1.165, 1.54) is 54.7 Å². The number of primary amides is 1. The fourth-order valence-electron chi connectivity index (χ4n) is 4.62. The predicted octanol–water partition coefficient (Wildman–Crippen LogP) is 5.77. The maximum atomic E-state index is 13.8. The molecular formula is C30H31ClF3N3O5. The van der Waals surface area contributed by atoms with E-state index in [1.807, 2.05) is 20.8 Å². The van der Waals surface area contributed by atoms with Gasteiger partial charge in [-0.1, -0.05) is 17.7 Å². The maximum Gasteiger partial charge on any atom is 0.395 e. The molecule has 12 heteroatoms. The van der Waals surface area contributed by atoms with Gasteiger partial charge in [0.15, 0.2) is 0 Å². The van der Waals surface area contributed by atoms with Crippen LogP contribution in [0, 0.1) is 5.92 Å². The molecule has 1 aliphatic rings. The molecule has 2 unspecified atom stereocenters. The molecule has 8 nitrogen and oxygen atoms in total. The van der Waals surface area contributed by atoms with Gasteiger partial charge < -0.3 is 20.5 Å². The van der Waals surface area contributed by atoms with Gasteiger partial charge in [0, 0.05) is 40.9 Å². The van der Waals surface area contributed by atoms with Crippen molar-refractivity contribution in [3.8, 4) is 16.9 Å². The maximum absolute atomic E-state index is 13.8. The van der Waals surface area contributed by atoms with Gasteiger partial charge in [-0.25, -0.2) is 0 Å². The minimum atomic E-state index is -4.53. The summed E-state index contributed by atoms with van der Waals surface area (Å²) in [6.45, 7) is 4.95. The third-order valence-electron chi connectivity index (χ3n) is 6.78.